The minimum absolute atomic E-state index is 0.00545. The maximum atomic E-state index is 12.9. The number of nitrogens with zero attached hydrogens (tertiary/aromatic N) is 1. The van der Waals surface area contributed by atoms with Gasteiger partial charge in [0.15, 0.2) is 0 Å². The van der Waals surface area contributed by atoms with Crippen LogP contribution in [-0.2, 0) is 14.0 Å². The monoisotopic (exact) mass is 512 g/mol. The number of alkyl carbamates (subject to hydrolysis) is 1. The van der Waals surface area contributed by atoms with Gasteiger partial charge in [0.2, 0.25) is 0 Å². The van der Waals surface area contributed by atoms with E-state index in [9.17, 15) is 4.79 Å². The zero-order valence-electron chi connectivity index (χ0n) is 22.5. The van der Waals surface area contributed by atoms with Crippen LogP contribution >= 0.6 is 0 Å². The Morgan fingerprint density at radius 1 is 1.00 bits per heavy atom. The Morgan fingerprint density at radius 2 is 1.61 bits per heavy atom. The number of nitrogens with one attached hydrogen (secondary N) is 1. The summed E-state index contributed by atoms with van der Waals surface area (Å²) in [5.74, 6) is 0.630. The second-order valence-electron chi connectivity index (χ2n) is 10.6. The summed E-state index contributed by atoms with van der Waals surface area (Å²) in [6.07, 6.45) is 4.77. The summed E-state index contributed by atoms with van der Waals surface area (Å²) in [7, 11) is 0.957. The number of amides is 1. The van der Waals surface area contributed by atoms with Gasteiger partial charge in [0.05, 0.1) is 24.5 Å². The maximum absolute atomic E-state index is 12.9. The van der Waals surface area contributed by atoms with E-state index in [0.29, 0.717) is 5.75 Å². The number of carbonyl (C=O) groups excluding carboxylic acids is 1. The highest BCUT2D eigenvalue weighted by atomic mass is 16.7. The summed E-state index contributed by atoms with van der Waals surface area (Å²) < 4.78 is 23.6. The molecule has 196 valence electrons. The largest absolute Gasteiger partial charge is 0.495 e. The number of rotatable bonds is 7. The molecule has 0 saturated carbocycles. The van der Waals surface area contributed by atoms with E-state index >= 15 is 0 Å². The molecule has 0 unspecified atom stereocenters. The van der Waals surface area contributed by atoms with Crippen LogP contribution in [0, 0.1) is 0 Å². The van der Waals surface area contributed by atoms with Crippen molar-refractivity contribution in [1.29, 1.82) is 0 Å². The standard InChI is InChI=1S/C30H33BN2O5/c1-29(2)30(3,4)38-31(37-29)21(14-20-15-22(35-5)18-32-16-20)17-33-28(34)36-19-27-25-12-8-6-10-23(25)24-11-7-9-13-26(24)27/h6-16,18,27H,17,19H2,1-5H3,(H,33,34). The number of hydrogen-bond donors (Lipinski definition) is 1. The van der Waals surface area contributed by atoms with Gasteiger partial charge in [-0.15, -0.1) is 0 Å². The number of hydrogen-bond acceptors (Lipinski definition) is 6. The molecule has 1 aliphatic heterocycles. The van der Waals surface area contributed by atoms with Gasteiger partial charge in [0.1, 0.15) is 12.4 Å². The number of fused-ring (bicyclic) bond motifs is 3. The average Bonchev–Trinajstić information content (AvgIpc) is 3.34. The Labute approximate surface area is 224 Å². The van der Waals surface area contributed by atoms with E-state index in [1.54, 1.807) is 19.5 Å². The number of benzene rings is 2. The molecule has 1 amide bonds. The first-order valence-corrected chi connectivity index (χ1v) is 12.8. The lowest BCUT2D eigenvalue weighted by molar-refractivity contribution is 0.00578. The maximum Gasteiger partial charge on any atom is 0.492 e. The van der Waals surface area contributed by atoms with Crippen LogP contribution in [-0.4, -0.2) is 49.7 Å². The average molecular weight is 512 g/mol. The molecule has 5 rings (SSSR count). The molecule has 2 heterocycles. The molecule has 1 N–H and O–H groups in total. The Bertz CT molecular complexity index is 1310. The first-order valence-electron chi connectivity index (χ1n) is 12.8. The van der Waals surface area contributed by atoms with Crippen molar-refractivity contribution in [3.63, 3.8) is 0 Å². The predicted octanol–water partition coefficient (Wildman–Crippen LogP) is 5.64. The van der Waals surface area contributed by atoms with Gasteiger partial charge >= 0.3 is 13.2 Å². The number of ether oxygens (including phenoxy) is 2. The number of carbonyl (C=O) groups is 1. The normalized spacial score (nSPS) is 17.6. The topological polar surface area (TPSA) is 78.9 Å². The predicted molar refractivity (Wildman–Crippen MR) is 148 cm³/mol. The summed E-state index contributed by atoms with van der Waals surface area (Å²) in [6, 6.07) is 18.4. The van der Waals surface area contributed by atoms with Crippen LogP contribution < -0.4 is 10.1 Å². The van der Waals surface area contributed by atoms with Gasteiger partial charge in [-0.25, -0.2) is 4.79 Å². The zero-order chi connectivity index (χ0) is 26.9. The van der Waals surface area contributed by atoms with E-state index in [0.717, 1.165) is 11.0 Å². The number of methoxy groups -OCH3 is 1. The quantitative estimate of drug-likeness (QED) is 0.413. The Hall–Kier alpha value is -3.62. The van der Waals surface area contributed by atoms with E-state index in [1.807, 2.05) is 64.1 Å². The molecule has 2 aromatic carbocycles. The first kappa shape index (κ1) is 26.0. The highest BCUT2D eigenvalue weighted by molar-refractivity contribution is 6.56. The molecule has 1 fully saturated rings. The van der Waals surface area contributed by atoms with Crippen molar-refractivity contribution in [2.75, 3.05) is 20.3 Å². The molecule has 1 aromatic heterocycles. The van der Waals surface area contributed by atoms with E-state index in [-0.39, 0.29) is 19.1 Å². The summed E-state index contributed by atoms with van der Waals surface area (Å²) in [5, 5.41) is 2.89. The molecule has 3 aromatic rings. The van der Waals surface area contributed by atoms with Crippen molar-refractivity contribution in [1.82, 2.24) is 10.3 Å². The van der Waals surface area contributed by atoms with Crippen molar-refractivity contribution in [3.05, 3.63) is 89.2 Å². The highest BCUT2D eigenvalue weighted by Crippen LogP contribution is 2.44. The summed E-state index contributed by atoms with van der Waals surface area (Å²) >= 11 is 0. The molecule has 0 radical (unpaired) electrons. The Kier molecular flexibility index (Phi) is 7.03. The van der Waals surface area contributed by atoms with Crippen molar-refractivity contribution >= 4 is 19.3 Å². The Morgan fingerprint density at radius 3 is 2.21 bits per heavy atom. The van der Waals surface area contributed by atoms with Gasteiger partial charge < -0.3 is 24.1 Å². The third-order valence-corrected chi connectivity index (χ3v) is 7.66. The van der Waals surface area contributed by atoms with Gasteiger partial charge in [-0.05, 0) is 67.1 Å². The summed E-state index contributed by atoms with van der Waals surface area (Å²) in [4.78, 5) is 17.1. The van der Waals surface area contributed by atoms with Crippen LogP contribution in [0.1, 0.15) is 50.3 Å². The van der Waals surface area contributed by atoms with Gasteiger partial charge in [0.25, 0.3) is 0 Å². The minimum atomic E-state index is -0.639. The lowest BCUT2D eigenvalue weighted by atomic mass is 9.77. The minimum Gasteiger partial charge on any atom is -0.495 e. The molecule has 7 nitrogen and oxygen atoms in total. The zero-order valence-corrected chi connectivity index (χ0v) is 22.5. The second kappa shape index (κ2) is 10.3. The molecule has 0 bridgehead atoms. The van der Waals surface area contributed by atoms with Crippen LogP contribution in [0.5, 0.6) is 5.75 Å². The van der Waals surface area contributed by atoms with Gasteiger partial charge in [-0.1, -0.05) is 54.6 Å². The van der Waals surface area contributed by atoms with E-state index in [2.05, 4.69) is 34.6 Å². The third-order valence-electron chi connectivity index (χ3n) is 7.66. The molecule has 1 saturated heterocycles. The van der Waals surface area contributed by atoms with Crippen LogP contribution in [0.4, 0.5) is 4.79 Å². The molecule has 8 heteroatoms. The lowest BCUT2D eigenvalue weighted by Gasteiger charge is -2.32. The summed E-state index contributed by atoms with van der Waals surface area (Å²) in [6.45, 7) is 8.42. The number of aromatic nitrogens is 1. The van der Waals surface area contributed by atoms with Crippen molar-refractivity contribution in [2.45, 2.75) is 44.8 Å². The van der Waals surface area contributed by atoms with Crippen molar-refractivity contribution in [2.24, 2.45) is 0 Å². The van der Waals surface area contributed by atoms with Crippen LogP contribution in [0.25, 0.3) is 17.2 Å². The van der Waals surface area contributed by atoms with Crippen LogP contribution in [0.2, 0.25) is 0 Å². The molecular formula is C30H33BN2O5. The molecule has 1 aliphatic carbocycles. The third kappa shape index (κ3) is 5.06. The Balaban J connectivity index is 1.30. The van der Waals surface area contributed by atoms with Crippen LogP contribution in [0.3, 0.4) is 0 Å². The fourth-order valence-electron chi connectivity index (χ4n) is 4.86. The van der Waals surface area contributed by atoms with Crippen molar-refractivity contribution in [3.8, 4) is 16.9 Å². The van der Waals surface area contributed by atoms with E-state index in [4.69, 9.17) is 18.8 Å². The van der Waals surface area contributed by atoms with Crippen molar-refractivity contribution < 1.29 is 23.6 Å². The van der Waals surface area contributed by atoms with Gasteiger partial charge in [-0.3, -0.25) is 4.98 Å². The molecule has 38 heavy (non-hydrogen) atoms. The fraction of sp³-hybridized carbons (Fsp3) is 0.333. The highest BCUT2D eigenvalue weighted by Gasteiger charge is 2.52. The molecule has 0 spiro atoms. The lowest BCUT2D eigenvalue weighted by Crippen LogP contribution is -2.41. The fourth-order valence-corrected chi connectivity index (χ4v) is 4.86. The SMILES string of the molecule is COc1cncc(C=C(CNC(=O)OCC2c3ccccc3-c3ccccc32)B2OC(C)(C)C(C)(C)O2)c1. The second-order valence-corrected chi connectivity index (χ2v) is 10.6. The van der Waals surface area contributed by atoms with E-state index in [1.165, 1.54) is 22.3 Å². The van der Waals surface area contributed by atoms with Crippen LogP contribution in [0.15, 0.2) is 72.5 Å². The van der Waals surface area contributed by atoms with Gasteiger partial charge in [0, 0.05) is 18.7 Å². The summed E-state index contributed by atoms with van der Waals surface area (Å²) in [5.41, 5.74) is 5.23. The number of pyridine rings is 1. The smallest absolute Gasteiger partial charge is 0.492 e. The van der Waals surface area contributed by atoms with Gasteiger partial charge in [-0.2, -0.15) is 0 Å². The first-order chi connectivity index (χ1) is 18.2. The molecule has 2 aliphatic rings. The van der Waals surface area contributed by atoms with E-state index < -0.39 is 24.4 Å². The molecule has 0 atom stereocenters. The molecular weight excluding hydrogens is 479 g/mol.